The first-order valence-electron chi connectivity index (χ1n) is 1.76. The molecule has 0 aliphatic heterocycles. The Hall–Kier alpha value is 0.930. The molecule has 0 saturated heterocycles. The fraction of sp³-hybridized carbons (Fsp3) is 1.00. The maximum atomic E-state index is 8.51. The molecule has 0 heterocycles. The quantitative estimate of drug-likeness (QED) is 0.580. The van der Waals surface area contributed by atoms with Gasteiger partial charge in [-0.15, -0.1) is 0 Å². The molecule has 0 unspecified atom stereocenters. The van der Waals surface area contributed by atoms with E-state index in [1.54, 1.807) is 0 Å². The van der Waals surface area contributed by atoms with Crippen LogP contribution in [-0.4, -0.2) is 15.9 Å². The van der Waals surface area contributed by atoms with Crippen LogP contribution in [0, 0.1) is 0 Å². The van der Waals surface area contributed by atoms with E-state index in [0.29, 0.717) is 0 Å². The monoisotopic (exact) mass is 164 g/mol. The molecule has 0 amide bonds. The van der Waals surface area contributed by atoms with E-state index in [4.69, 9.17) is 32.3 Å². The molecule has 2 nitrogen and oxygen atoms in total. The van der Waals surface area contributed by atoms with Gasteiger partial charge in [0, 0.05) is 0 Å². The van der Waals surface area contributed by atoms with Crippen LogP contribution in [0.5, 0.6) is 0 Å². The van der Waals surface area contributed by atoms with Crippen LogP contribution >= 0.6 is 28.2 Å². The SMILES string of the molecule is CCP(O)(O)(Cl)Cl. The second-order valence-corrected chi connectivity index (χ2v) is 8.66. The van der Waals surface area contributed by atoms with Crippen LogP contribution in [0.15, 0.2) is 0 Å². The summed E-state index contributed by atoms with van der Waals surface area (Å²) in [5.74, 6) is -4.13. The Morgan fingerprint density at radius 1 is 1.43 bits per heavy atom. The summed E-state index contributed by atoms with van der Waals surface area (Å²) in [6, 6.07) is 0. The summed E-state index contributed by atoms with van der Waals surface area (Å²) in [5.41, 5.74) is 0. The van der Waals surface area contributed by atoms with E-state index >= 15 is 0 Å². The zero-order chi connectivity index (χ0) is 6.15. The summed E-state index contributed by atoms with van der Waals surface area (Å²) in [7, 11) is 0. The van der Waals surface area contributed by atoms with Crippen LogP contribution in [0.1, 0.15) is 6.92 Å². The summed E-state index contributed by atoms with van der Waals surface area (Å²) in [6.45, 7) is 1.51. The van der Waals surface area contributed by atoms with Crippen molar-refractivity contribution >= 4 is 28.2 Å². The van der Waals surface area contributed by atoms with Crippen molar-refractivity contribution in [2.75, 3.05) is 6.16 Å². The van der Waals surface area contributed by atoms with E-state index in [9.17, 15) is 0 Å². The van der Waals surface area contributed by atoms with Crippen LogP contribution in [0.25, 0.3) is 0 Å². The molecule has 0 bridgehead atoms. The Balaban J connectivity index is 3.83. The molecule has 0 aromatic heterocycles. The molecule has 46 valence electrons. The van der Waals surface area contributed by atoms with Gasteiger partial charge in [0.15, 0.2) is 0 Å². The molecule has 0 aliphatic carbocycles. The molecule has 2 N–H and O–H groups in total. The van der Waals surface area contributed by atoms with Crippen molar-refractivity contribution in [3.8, 4) is 0 Å². The fourth-order valence-electron chi connectivity index (χ4n) is 0. The molecule has 0 atom stereocenters. The molecule has 0 fully saturated rings. The summed E-state index contributed by atoms with van der Waals surface area (Å²) in [6.07, 6.45) is 0.00864. The Labute approximate surface area is 51.7 Å². The average molecular weight is 165 g/mol. The van der Waals surface area contributed by atoms with E-state index < -0.39 is 5.76 Å². The second-order valence-electron chi connectivity index (χ2n) is 1.29. The standard InChI is InChI=1S/C2H7Cl2O2P/c1-2-7(3,4,5)6/h5-6H,2H2,1H3. The first-order valence-corrected chi connectivity index (χ1v) is 5.90. The Bertz CT molecular complexity index is 66.2. The van der Waals surface area contributed by atoms with Crippen LogP contribution in [0.4, 0.5) is 0 Å². The van der Waals surface area contributed by atoms with Gasteiger partial charge in [-0.1, -0.05) is 0 Å². The van der Waals surface area contributed by atoms with Crippen LogP contribution in [0.2, 0.25) is 0 Å². The second kappa shape index (κ2) is 1.71. The Morgan fingerprint density at radius 3 is 1.57 bits per heavy atom. The van der Waals surface area contributed by atoms with E-state index in [0.717, 1.165) is 0 Å². The molecule has 5 heteroatoms. The molecule has 7 heavy (non-hydrogen) atoms. The number of rotatable bonds is 1. The molecular weight excluding hydrogens is 158 g/mol. The molecule has 0 spiro atoms. The minimum absolute atomic E-state index is 0.00864. The molecule has 0 aliphatic rings. The minimum atomic E-state index is -4.13. The van der Waals surface area contributed by atoms with E-state index in [1.165, 1.54) is 6.92 Å². The average Bonchev–Trinajstić information content (AvgIpc) is 1.32. The van der Waals surface area contributed by atoms with Gasteiger partial charge in [-0.3, -0.25) is 0 Å². The van der Waals surface area contributed by atoms with Crippen LogP contribution in [-0.2, 0) is 0 Å². The third-order valence-electron chi connectivity index (χ3n) is 0.522. The zero-order valence-electron chi connectivity index (χ0n) is 3.80. The van der Waals surface area contributed by atoms with Crippen molar-refractivity contribution in [2.24, 2.45) is 0 Å². The topological polar surface area (TPSA) is 40.5 Å². The van der Waals surface area contributed by atoms with Crippen molar-refractivity contribution in [1.29, 1.82) is 0 Å². The number of hydrogen-bond donors (Lipinski definition) is 2. The molecular formula is C2H7Cl2O2P. The van der Waals surface area contributed by atoms with Crippen molar-refractivity contribution in [3.63, 3.8) is 0 Å². The summed E-state index contributed by atoms with van der Waals surface area (Å²) in [5, 5.41) is 0. The summed E-state index contributed by atoms with van der Waals surface area (Å²) < 4.78 is 0. The van der Waals surface area contributed by atoms with Crippen molar-refractivity contribution < 1.29 is 9.79 Å². The van der Waals surface area contributed by atoms with Gasteiger partial charge in [0.1, 0.15) is 0 Å². The normalized spacial score (nSPS) is 18.1. The van der Waals surface area contributed by atoms with Gasteiger partial charge < -0.3 is 0 Å². The predicted molar refractivity (Wildman–Crippen MR) is 33.6 cm³/mol. The van der Waals surface area contributed by atoms with E-state index in [1.807, 2.05) is 0 Å². The third-order valence-corrected chi connectivity index (χ3v) is 3.00. The van der Waals surface area contributed by atoms with Gasteiger partial charge in [-0.25, -0.2) is 0 Å². The van der Waals surface area contributed by atoms with Gasteiger partial charge in [0.05, 0.1) is 0 Å². The first-order chi connectivity index (χ1) is 2.81. The maximum absolute atomic E-state index is 8.51. The van der Waals surface area contributed by atoms with Gasteiger partial charge in [0.25, 0.3) is 0 Å². The summed E-state index contributed by atoms with van der Waals surface area (Å²) in [4.78, 5) is 17.0. The predicted octanol–water partition coefficient (Wildman–Crippen LogP) is 1.68. The van der Waals surface area contributed by atoms with Crippen LogP contribution < -0.4 is 0 Å². The van der Waals surface area contributed by atoms with Gasteiger partial charge in [-0.2, -0.15) is 0 Å². The number of halogens is 2. The summed E-state index contributed by atoms with van der Waals surface area (Å²) >= 11 is 9.96. The number of hydrogen-bond acceptors (Lipinski definition) is 2. The fourth-order valence-corrected chi connectivity index (χ4v) is 0. The first kappa shape index (κ1) is 7.93. The van der Waals surface area contributed by atoms with E-state index in [-0.39, 0.29) is 6.16 Å². The van der Waals surface area contributed by atoms with Gasteiger partial charge in [-0.05, 0) is 0 Å². The molecule has 0 saturated carbocycles. The third kappa shape index (κ3) is 6.93. The molecule has 0 aromatic carbocycles. The van der Waals surface area contributed by atoms with Crippen LogP contribution in [0.3, 0.4) is 0 Å². The van der Waals surface area contributed by atoms with Gasteiger partial charge in [0.2, 0.25) is 0 Å². The zero-order valence-corrected chi connectivity index (χ0v) is 6.21. The van der Waals surface area contributed by atoms with Crippen molar-refractivity contribution in [3.05, 3.63) is 0 Å². The Morgan fingerprint density at radius 2 is 1.57 bits per heavy atom. The van der Waals surface area contributed by atoms with Crippen molar-refractivity contribution in [1.82, 2.24) is 0 Å². The van der Waals surface area contributed by atoms with Crippen molar-refractivity contribution in [2.45, 2.75) is 6.92 Å². The van der Waals surface area contributed by atoms with Gasteiger partial charge >= 0.3 is 51.1 Å². The molecule has 0 radical (unpaired) electrons. The molecule has 0 rings (SSSR count). The van der Waals surface area contributed by atoms with E-state index in [2.05, 4.69) is 0 Å². The Kier molecular flexibility index (Phi) is 1.94. The molecule has 0 aromatic rings.